The third kappa shape index (κ3) is 1.12. The van der Waals surface area contributed by atoms with Gasteiger partial charge in [-0.2, -0.15) is 4.98 Å². The fraction of sp³-hybridized carbons (Fsp3) is 0.286. The highest BCUT2D eigenvalue weighted by molar-refractivity contribution is 6.28. The van der Waals surface area contributed by atoms with E-state index in [9.17, 15) is 9.59 Å². The summed E-state index contributed by atoms with van der Waals surface area (Å²) in [5, 5.41) is 3.03. The van der Waals surface area contributed by atoms with Crippen LogP contribution in [0.25, 0.3) is 0 Å². The summed E-state index contributed by atoms with van der Waals surface area (Å²) in [4.78, 5) is 25.2. The summed E-state index contributed by atoms with van der Waals surface area (Å²) >= 11 is 5.70. The average molecular weight is 200 g/mol. The van der Waals surface area contributed by atoms with Crippen LogP contribution in [0, 0.1) is 0 Å². The maximum Gasteiger partial charge on any atom is 0.286 e. The maximum atomic E-state index is 11.2. The van der Waals surface area contributed by atoms with Crippen LogP contribution < -0.4 is 10.9 Å². The fourth-order valence-electron chi connectivity index (χ4n) is 1.33. The van der Waals surface area contributed by atoms with Crippen molar-refractivity contribution >= 4 is 23.7 Å². The molecule has 1 aliphatic heterocycles. The van der Waals surface area contributed by atoms with Crippen LogP contribution in [0.2, 0.25) is 5.28 Å². The molecule has 13 heavy (non-hydrogen) atoms. The summed E-state index contributed by atoms with van der Waals surface area (Å²) in [6.45, 7) is 1.29. The van der Waals surface area contributed by atoms with Gasteiger partial charge in [0.1, 0.15) is 11.4 Å². The van der Waals surface area contributed by atoms with E-state index in [1.54, 1.807) is 4.57 Å². The van der Waals surface area contributed by atoms with E-state index in [-0.39, 0.29) is 10.8 Å². The number of rotatable bonds is 1. The molecule has 2 rings (SSSR count). The molecular formula is C7H6ClN3O2. The molecule has 1 aliphatic rings. The number of halogens is 1. The van der Waals surface area contributed by atoms with Gasteiger partial charge in [0.2, 0.25) is 5.28 Å². The first-order valence-corrected chi connectivity index (χ1v) is 4.11. The van der Waals surface area contributed by atoms with Crippen LogP contribution in [0.4, 0.5) is 5.82 Å². The molecule has 0 atom stereocenters. The predicted octanol–water partition coefficient (Wildman–Crippen LogP) is 0.135. The molecule has 6 heteroatoms. The number of aromatic nitrogens is 2. The molecule has 0 aromatic carbocycles. The standard InChI is InChI=1S/C7H6ClN3O2/c8-7-10-6(13)4(3-12)5-9-1-2-11(5)7/h3,9H,1-2H2. The summed E-state index contributed by atoms with van der Waals surface area (Å²) in [6.07, 6.45) is 0.496. The number of fused-ring (bicyclic) bond motifs is 1. The molecular weight excluding hydrogens is 194 g/mol. The van der Waals surface area contributed by atoms with Gasteiger partial charge in [-0.1, -0.05) is 0 Å². The lowest BCUT2D eigenvalue weighted by atomic mass is 10.3. The maximum absolute atomic E-state index is 11.2. The Morgan fingerprint density at radius 1 is 1.62 bits per heavy atom. The van der Waals surface area contributed by atoms with Crippen LogP contribution >= 0.6 is 11.6 Å². The number of carbonyl (C=O) groups excluding carboxylic acids is 1. The Bertz CT molecular complexity index is 426. The zero-order valence-electron chi connectivity index (χ0n) is 6.58. The molecule has 1 aromatic rings. The van der Waals surface area contributed by atoms with E-state index in [0.717, 1.165) is 0 Å². The van der Waals surface area contributed by atoms with Crippen LogP contribution in [0.5, 0.6) is 0 Å². The first kappa shape index (κ1) is 8.25. The number of aldehydes is 1. The van der Waals surface area contributed by atoms with E-state index in [2.05, 4.69) is 10.3 Å². The Hall–Kier alpha value is -1.36. The zero-order valence-corrected chi connectivity index (χ0v) is 7.34. The predicted molar refractivity (Wildman–Crippen MR) is 47.4 cm³/mol. The third-order valence-electron chi connectivity index (χ3n) is 1.92. The van der Waals surface area contributed by atoms with Gasteiger partial charge in [0.15, 0.2) is 6.29 Å². The Morgan fingerprint density at radius 2 is 2.38 bits per heavy atom. The van der Waals surface area contributed by atoms with E-state index in [1.807, 2.05) is 0 Å². The molecule has 1 aromatic heterocycles. The van der Waals surface area contributed by atoms with E-state index in [4.69, 9.17) is 11.6 Å². The minimum Gasteiger partial charge on any atom is -0.369 e. The first-order chi connectivity index (χ1) is 6.24. The minimum atomic E-state index is -0.583. The normalized spacial score (nSPS) is 13.6. The second kappa shape index (κ2) is 2.85. The molecule has 0 aliphatic carbocycles. The molecule has 0 amide bonds. The number of nitrogens with one attached hydrogen (secondary N) is 1. The van der Waals surface area contributed by atoms with Gasteiger partial charge in [0.05, 0.1) is 0 Å². The van der Waals surface area contributed by atoms with Gasteiger partial charge >= 0.3 is 0 Å². The summed E-state index contributed by atoms with van der Waals surface area (Å²) in [6, 6.07) is 0. The van der Waals surface area contributed by atoms with Gasteiger partial charge in [-0.05, 0) is 11.6 Å². The summed E-state index contributed by atoms with van der Waals surface area (Å²) in [5.41, 5.74) is -0.539. The molecule has 68 valence electrons. The first-order valence-electron chi connectivity index (χ1n) is 3.73. The Kier molecular flexibility index (Phi) is 1.81. The van der Waals surface area contributed by atoms with E-state index < -0.39 is 5.56 Å². The lowest BCUT2D eigenvalue weighted by molar-refractivity contribution is 0.112. The van der Waals surface area contributed by atoms with Crippen molar-refractivity contribution < 1.29 is 4.79 Å². The highest BCUT2D eigenvalue weighted by Gasteiger charge is 2.19. The van der Waals surface area contributed by atoms with Crippen LogP contribution in [-0.2, 0) is 6.54 Å². The highest BCUT2D eigenvalue weighted by Crippen LogP contribution is 2.19. The lowest BCUT2D eigenvalue weighted by Gasteiger charge is -2.05. The number of hydrogen-bond donors (Lipinski definition) is 1. The highest BCUT2D eigenvalue weighted by atomic mass is 35.5. The molecule has 5 nitrogen and oxygen atoms in total. The molecule has 0 radical (unpaired) electrons. The SMILES string of the molecule is O=Cc1c2n(c(Cl)nc1=O)CCN2. The molecule has 2 heterocycles. The second-order valence-electron chi connectivity index (χ2n) is 2.64. The van der Waals surface area contributed by atoms with Crippen molar-refractivity contribution in [1.82, 2.24) is 9.55 Å². The Balaban J connectivity index is 2.79. The number of carbonyl (C=O) groups is 1. The van der Waals surface area contributed by atoms with Gasteiger partial charge < -0.3 is 9.88 Å². The zero-order chi connectivity index (χ0) is 9.42. The summed E-state index contributed by atoms with van der Waals surface area (Å²) in [5.74, 6) is 0.472. The van der Waals surface area contributed by atoms with Crippen molar-refractivity contribution in [2.75, 3.05) is 11.9 Å². The van der Waals surface area contributed by atoms with E-state index in [0.29, 0.717) is 25.2 Å². The summed E-state index contributed by atoms with van der Waals surface area (Å²) in [7, 11) is 0. The van der Waals surface area contributed by atoms with Gasteiger partial charge in [-0.25, -0.2) is 0 Å². The van der Waals surface area contributed by atoms with Crippen molar-refractivity contribution in [3.8, 4) is 0 Å². The molecule has 0 saturated heterocycles. The smallest absolute Gasteiger partial charge is 0.286 e. The number of nitrogens with zero attached hydrogens (tertiary/aromatic N) is 2. The van der Waals surface area contributed by atoms with Crippen molar-refractivity contribution in [1.29, 1.82) is 0 Å². The van der Waals surface area contributed by atoms with Crippen molar-refractivity contribution in [3.63, 3.8) is 0 Å². The van der Waals surface area contributed by atoms with Gasteiger partial charge in [0, 0.05) is 13.1 Å². The number of hydrogen-bond acceptors (Lipinski definition) is 4. The molecule has 1 N–H and O–H groups in total. The van der Waals surface area contributed by atoms with Crippen LogP contribution in [0.1, 0.15) is 10.4 Å². The largest absolute Gasteiger partial charge is 0.369 e. The molecule has 0 saturated carbocycles. The van der Waals surface area contributed by atoms with E-state index >= 15 is 0 Å². The minimum absolute atomic E-state index is 0.0434. The monoisotopic (exact) mass is 199 g/mol. The molecule has 0 spiro atoms. The molecule has 0 unspecified atom stereocenters. The van der Waals surface area contributed by atoms with Gasteiger partial charge in [0.25, 0.3) is 5.56 Å². The van der Waals surface area contributed by atoms with Crippen molar-refractivity contribution in [3.05, 3.63) is 21.2 Å². The number of anilines is 1. The third-order valence-corrected chi connectivity index (χ3v) is 2.21. The van der Waals surface area contributed by atoms with Crippen LogP contribution in [0.15, 0.2) is 4.79 Å². The van der Waals surface area contributed by atoms with Crippen LogP contribution in [0.3, 0.4) is 0 Å². The van der Waals surface area contributed by atoms with Crippen LogP contribution in [-0.4, -0.2) is 22.4 Å². The van der Waals surface area contributed by atoms with Crippen molar-refractivity contribution in [2.45, 2.75) is 6.54 Å². The Morgan fingerprint density at radius 3 is 3.08 bits per heavy atom. The Labute approximate surface area is 78.3 Å². The molecule has 0 fully saturated rings. The average Bonchev–Trinajstić information content (AvgIpc) is 2.53. The van der Waals surface area contributed by atoms with Gasteiger partial charge in [-0.3, -0.25) is 9.59 Å². The van der Waals surface area contributed by atoms with E-state index in [1.165, 1.54) is 0 Å². The second-order valence-corrected chi connectivity index (χ2v) is 2.98. The lowest BCUT2D eigenvalue weighted by Crippen LogP contribution is -2.17. The quantitative estimate of drug-likeness (QED) is 0.516. The van der Waals surface area contributed by atoms with Gasteiger partial charge in [-0.15, -0.1) is 0 Å². The molecule has 0 bridgehead atoms. The van der Waals surface area contributed by atoms with Crippen molar-refractivity contribution in [2.24, 2.45) is 0 Å². The summed E-state index contributed by atoms with van der Waals surface area (Å²) < 4.78 is 1.60. The fourth-order valence-corrected chi connectivity index (χ4v) is 1.58. The topological polar surface area (TPSA) is 64.0 Å².